The van der Waals surface area contributed by atoms with E-state index in [9.17, 15) is 14.4 Å². The lowest BCUT2D eigenvalue weighted by atomic mass is 9.68. The number of aliphatic carboxylic acids is 1. The first-order valence-corrected chi connectivity index (χ1v) is 5.81. The number of hydrogen-bond donors (Lipinski definition) is 3. The summed E-state index contributed by atoms with van der Waals surface area (Å²) in [4.78, 5) is 33.7. The van der Waals surface area contributed by atoms with Crippen LogP contribution < -0.4 is 10.6 Å². The first-order chi connectivity index (χ1) is 8.03. The molecule has 2 aliphatic rings. The molecule has 0 aromatic heterocycles. The summed E-state index contributed by atoms with van der Waals surface area (Å²) in [5, 5.41) is 14.3. The summed E-state index contributed by atoms with van der Waals surface area (Å²) in [6, 6.07) is 0. The lowest BCUT2D eigenvalue weighted by molar-refractivity contribution is -0.154. The SMILES string of the molecule is O=C1CC(C(=O)NCC2(C(=O)O)CCC2)CN1. The van der Waals surface area contributed by atoms with Crippen LogP contribution >= 0.6 is 0 Å². The molecule has 0 bridgehead atoms. The minimum absolute atomic E-state index is 0.123. The van der Waals surface area contributed by atoms with Crippen molar-refractivity contribution in [2.75, 3.05) is 13.1 Å². The average molecular weight is 240 g/mol. The van der Waals surface area contributed by atoms with Gasteiger partial charge in [-0.2, -0.15) is 0 Å². The molecular formula is C11H16N2O4. The molecule has 0 aromatic rings. The normalized spacial score (nSPS) is 25.9. The second kappa shape index (κ2) is 4.35. The van der Waals surface area contributed by atoms with Crippen molar-refractivity contribution in [1.82, 2.24) is 10.6 Å². The van der Waals surface area contributed by atoms with Crippen molar-refractivity contribution in [1.29, 1.82) is 0 Å². The van der Waals surface area contributed by atoms with E-state index >= 15 is 0 Å². The Morgan fingerprint density at radius 2 is 2.18 bits per heavy atom. The van der Waals surface area contributed by atoms with Crippen molar-refractivity contribution in [3.63, 3.8) is 0 Å². The summed E-state index contributed by atoms with van der Waals surface area (Å²) in [6.07, 6.45) is 2.33. The zero-order valence-electron chi connectivity index (χ0n) is 9.49. The molecule has 0 aromatic carbocycles. The van der Waals surface area contributed by atoms with Gasteiger partial charge in [0, 0.05) is 19.5 Å². The fraction of sp³-hybridized carbons (Fsp3) is 0.727. The van der Waals surface area contributed by atoms with Crippen molar-refractivity contribution in [3.05, 3.63) is 0 Å². The highest BCUT2D eigenvalue weighted by atomic mass is 16.4. The Balaban J connectivity index is 1.83. The predicted molar refractivity (Wildman–Crippen MR) is 58.0 cm³/mol. The highest BCUT2D eigenvalue weighted by Crippen LogP contribution is 2.40. The second-order valence-corrected chi connectivity index (χ2v) is 4.86. The zero-order valence-corrected chi connectivity index (χ0v) is 9.49. The molecule has 1 aliphatic carbocycles. The van der Waals surface area contributed by atoms with Gasteiger partial charge < -0.3 is 15.7 Å². The van der Waals surface area contributed by atoms with E-state index in [2.05, 4.69) is 10.6 Å². The maximum atomic E-state index is 11.7. The number of carbonyl (C=O) groups excluding carboxylic acids is 2. The molecule has 1 heterocycles. The third kappa shape index (κ3) is 2.25. The molecule has 2 fully saturated rings. The number of carboxylic acids is 1. The molecule has 17 heavy (non-hydrogen) atoms. The number of rotatable bonds is 4. The third-order valence-corrected chi connectivity index (χ3v) is 3.71. The van der Waals surface area contributed by atoms with E-state index in [0.29, 0.717) is 19.4 Å². The predicted octanol–water partition coefficient (Wildman–Crippen LogP) is -0.506. The molecule has 2 rings (SSSR count). The Kier molecular flexibility index (Phi) is 3.04. The first kappa shape index (κ1) is 11.9. The van der Waals surface area contributed by atoms with Crippen LogP contribution in [0.3, 0.4) is 0 Å². The van der Waals surface area contributed by atoms with Gasteiger partial charge >= 0.3 is 5.97 Å². The van der Waals surface area contributed by atoms with E-state index in [1.165, 1.54) is 0 Å². The summed E-state index contributed by atoms with van der Waals surface area (Å²) in [6.45, 7) is 0.524. The van der Waals surface area contributed by atoms with Crippen LogP contribution in [0.1, 0.15) is 25.7 Å². The maximum Gasteiger partial charge on any atom is 0.311 e. The highest BCUT2D eigenvalue weighted by molar-refractivity contribution is 5.89. The summed E-state index contributed by atoms with van der Waals surface area (Å²) >= 11 is 0. The minimum atomic E-state index is -0.843. The van der Waals surface area contributed by atoms with Gasteiger partial charge in [-0.25, -0.2) is 0 Å². The number of carboxylic acid groups (broad SMARTS) is 1. The molecule has 94 valence electrons. The summed E-state index contributed by atoms with van der Waals surface area (Å²) < 4.78 is 0. The second-order valence-electron chi connectivity index (χ2n) is 4.86. The van der Waals surface area contributed by atoms with E-state index < -0.39 is 11.4 Å². The van der Waals surface area contributed by atoms with Gasteiger partial charge in [-0.1, -0.05) is 6.42 Å². The maximum absolute atomic E-state index is 11.7. The van der Waals surface area contributed by atoms with Gasteiger partial charge in [0.25, 0.3) is 0 Å². The summed E-state index contributed by atoms with van der Waals surface area (Å²) in [5.74, 6) is -1.55. The molecule has 6 heteroatoms. The Hall–Kier alpha value is -1.59. The van der Waals surface area contributed by atoms with E-state index in [-0.39, 0.29) is 30.7 Å². The zero-order chi connectivity index (χ0) is 12.5. The van der Waals surface area contributed by atoms with E-state index in [4.69, 9.17) is 5.11 Å². The Morgan fingerprint density at radius 3 is 2.59 bits per heavy atom. The Labute approximate surface area is 98.8 Å². The molecule has 1 saturated heterocycles. The van der Waals surface area contributed by atoms with Crippen molar-refractivity contribution >= 4 is 17.8 Å². The van der Waals surface area contributed by atoms with Crippen LogP contribution in [-0.2, 0) is 14.4 Å². The molecule has 1 saturated carbocycles. The standard InChI is InChI=1S/C11H16N2O4/c14-8-4-7(5-12-8)9(15)13-6-11(10(16)17)2-1-3-11/h7H,1-6H2,(H,12,14)(H,13,15)(H,16,17). The van der Waals surface area contributed by atoms with E-state index in [1.807, 2.05) is 0 Å². The molecule has 3 N–H and O–H groups in total. The first-order valence-electron chi connectivity index (χ1n) is 5.81. The van der Waals surface area contributed by atoms with Crippen LogP contribution in [0, 0.1) is 11.3 Å². The Morgan fingerprint density at radius 1 is 1.47 bits per heavy atom. The van der Waals surface area contributed by atoms with Gasteiger partial charge in [-0.05, 0) is 12.8 Å². The number of carbonyl (C=O) groups is 3. The van der Waals surface area contributed by atoms with Gasteiger partial charge in [-0.15, -0.1) is 0 Å². The van der Waals surface area contributed by atoms with Crippen LogP contribution in [0.15, 0.2) is 0 Å². The lowest BCUT2D eigenvalue weighted by Gasteiger charge is -2.37. The fourth-order valence-electron chi connectivity index (χ4n) is 2.26. The molecule has 1 atom stereocenters. The largest absolute Gasteiger partial charge is 0.481 e. The van der Waals surface area contributed by atoms with Gasteiger partial charge in [0.2, 0.25) is 11.8 Å². The van der Waals surface area contributed by atoms with Crippen LogP contribution in [0.25, 0.3) is 0 Å². The number of nitrogens with one attached hydrogen (secondary N) is 2. The third-order valence-electron chi connectivity index (χ3n) is 3.71. The molecule has 2 amide bonds. The summed E-state index contributed by atoms with van der Waals surface area (Å²) in [5.41, 5.74) is -0.772. The molecule has 1 aliphatic heterocycles. The molecule has 0 radical (unpaired) electrons. The highest BCUT2D eigenvalue weighted by Gasteiger charge is 2.44. The van der Waals surface area contributed by atoms with Gasteiger partial charge in [0.15, 0.2) is 0 Å². The topological polar surface area (TPSA) is 95.5 Å². The van der Waals surface area contributed by atoms with Crippen LogP contribution in [0.4, 0.5) is 0 Å². The average Bonchev–Trinajstić information content (AvgIpc) is 2.62. The smallest absolute Gasteiger partial charge is 0.311 e. The van der Waals surface area contributed by atoms with Crippen LogP contribution in [0.2, 0.25) is 0 Å². The Bertz CT molecular complexity index is 362. The molecule has 1 unspecified atom stereocenters. The van der Waals surface area contributed by atoms with E-state index in [0.717, 1.165) is 6.42 Å². The van der Waals surface area contributed by atoms with Crippen LogP contribution in [0.5, 0.6) is 0 Å². The van der Waals surface area contributed by atoms with Crippen molar-refractivity contribution in [2.45, 2.75) is 25.7 Å². The fourth-order valence-corrected chi connectivity index (χ4v) is 2.26. The molecule has 0 spiro atoms. The number of amides is 2. The number of hydrogen-bond acceptors (Lipinski definition) is 3. The molecular weight excluding hydrogens is 224 g/mol. The van der Waals surface area contributed by atoms with Gasteiger partial charge in [0.1, 0.15) is 0 Å². The minimum Gasteiger partial charge on any atom is -0.481 e. The summed E-state index contributed by atoms with van der Waals surface area (Å²) in [7, 11) is 0. The lowest BCUT2D eigenvalue weighted by Crippen LogP contribution is -2.48. The quantitative estimate of drug-likeness (QED) is 0.617. The molecule has 6 nitrogen and oxygen atoms in total. The van der Waals surface area contributed by atoms with Crippen molar-refractivity contribution < 1.29 is 19.5 Å². The van der Waals surface area contributed by atoms with Crippen molar-refractivity contribution in [2.24, 2.45) is 11.3 Å². The monoisotopic (exact) mass is 240 g/mol. The van der Waals surface area contributed by atoms with Gasteiger partial charge in [-0.3, -0.25) is 14.4 Å². The van der Waals surface area contributed by atoms with Gasteiger partial charge in [0.05, 0.1) is 11.3 Å². The van der Waals surface area contributed by atoms with Crippen LogP contribution in [-0.4, -0.2) is 36.0 Å². The van der Waals surface area contributed by atoms with E-state index in [1.54, 1.807) is 0 Å². The van der Waals surface area contributed by atoms with Crippen molar-refractivity contribution in [3.8, 4) is 0 Å².